The molecule has 4 N–H and O–H groups in total. The van der Waals surface area contributed by atoms with E-state index in [0.717, 1.165) is 6.61 Å². The number of methoxy groups -OCH3 is 1. The fourth-order valence-electron chi connectivity index (χ4n) is 5.27. The fraction of sp³-hybridized carbons (Fsp3) is 0.903. The van der Waals surface area contributed by atoms with Crippen molar-refractivity contribution in [2.24, 2.45) is 16.7 Å². The predicted octanol–water partition coefficient (Wildman–Crippen LogP) is 4.22. The summed E-state index contributed by atoms with van der Waals surface area (Å²) in [6.45, 7) is 8.37. The molecule has 9 nitrogen and oxygen atoms in total. The number of halogens is 6. The van der Waals surface area contributed by atoms with Crippen molar-refractivity contribution >= 4 is 17.9 Å². The minimum absolute atomic E-state index is 0. The molecule has 1 heterocycles. The van der Waals surface area contributed by atoms with Crippen LogP contribution in [0, 0.1) is 16.7 Å². The number of aliphatic carboxylic acids is 1. The van der Waals surface area contributed by atoms with Crippen molar-refractivity contribution in [1.82, 2.24) is 0 Å². The molecule has 1 aliphatic heterocycles. The molecular formula is C31H53F6LiO9. The number of carboxylic acid groups (broad SMARTS) is 1. The van der Waals surface area contributed by atoms with E-state index < -0.39 is 34.6 Å². The number of carbonyl (C=O) groups excluding carboxylic acids is 2. The van der Waals surface area contributed by atoms with Gasteiger partial charge in [-0.25, -0.2) is 26.3 Å². The Labute approximate surface area is 286 Å². The third-order valence-electron chi connectivity index (χ3n) is 8.86. The standard InChI is InChI=1S/2C9H14F2O2.C8H12F2O2.C5H10O.Li.2H2O/c1-8(7(12)13-2)3-5-9(10,11)6-4-8;1-2-13-8(12)7-3-5-9(10,11)6-4-7;1-7(6(11)12)2-4-8(9,10)5-3-7;1-5-3-2-4-6-5;;;/h3-6H2,1-2H3;7H,2-6H2,1H3;2-5H2,1H3,(H,11,12);5H,2-4H2,1H3;;2*1H2/q;;;;+1;;/p-1. The van der Waals surface area contributed by atoms with E-state index in [1.54, 1.807) is 13.8 Å². The van der Waals surface area contributed by atoms with Crippen LogP contribution in [-0.2, 0) is 28.6 Å². The Balaban J connectivity index is -0.000000552. The number of hydrogen-bond donors (Lipinski definition) is 1. The molecule has 4 aliphatic rings. The van der Waals surface area contributed by atoms with Crippen molar-refractivity contribution in [3.05, 3.63) is 0 Å². The Kier molecular flexibility index (Phi) is 22.8. The van der Waals surface area contributed by atoms with E-state index in [1.807, 2.05) is 0 Å². The van der Waals surface area contributed by atoms with Gasteiger partial charge in [-0.15, -0.1) is 0 Å². The van der Waals surface area contributed by atoms with Crippen LogP contribution < -0.4 is 18.9 Å². The maximum atomic E-state index is 12.8. The molecule has 0 aromatic heterocycles. The van der Waals surface area contributed by atoms with Gasteiger partial charge >= 0.3 is 36.8 Å². The van der Waals surface area contributed by atoms with E-state index in [4.69, 9.17) is 14.6 Å². The normalized spacial score (nSPS) is 24.4. The van der Waals surface area contributed by atoms with Crippen LogP contribution in [0.4, 0.5) is 26.3 Å². The molecule has 0 spiro atoms. The number of alkyl halides is 6. The van der Waals surface area contributed by atoms with Crippen LogP contribution in [0.2, 0.25) is 0 Å². The first-order valence-corrected chi connectivity index (χ1v) is 15.4. The molecule has 0 amide bonds. The third-order valence-corrected chi connectivity index (χ3v) is 8.86. The first kappa shape index (κ1) is 49.9. The van der Waals surface area contributed by atoms with Gasteiger partial charge < -0.3 is 30.3 Å². The Hall–Kier alpha value is -1.53. The van der Waals surface area contributed by atoms with Crippen molar-refractivity contribution in [3.63, 3.8) is 0 Å². The van der Waals surface area contributed by atoms with E-state index in [9.17, 15) is 40.7 Å². The molecule has 0 aromatic carbocycles. The zero-order valence-electron chi connectivity index (χ0n) is 28.6. The molecule has 274 valence electrons. The molecular weight excluding hydrogens is 637 g/mol. The summed E-state index contributed by atoms with van der Waals surface area (Å²) in [7, 11) is 1.29. The fourth-order valence-corrected chi connectivity index (χ4v) is 5.27. The van der Waals surface area contributed by atoms with Gasteiger partial charge in [-0.2, -0.15) is 0 Å². The van der Waals surface area contributed by atoms with E-state index in [1.165, 1.54) is 26.9 Å². The topological polar surface area (TPSA) is 161 Å². The maximum Gasteiger partial charge on any atom is 1.00 e. The Bertz CT molecular complexity index is 903. The molecule has 47 heavy (non-hydrogen) atoms. The van der Waals surface area contributed by atoms with Gasteiger partial charge in [0, 0.05) is 45.1 Å². The van der Waals surface area contributed by atoms with Gasteiger partial charge in [-0.3, -0.25) is 14.4 Å². The Morgan fingerprint density at radius 3 is 1.47 bits per heavy atom. The minimum atomic E-state index is -2.64. The summed E-state index contributed by atoms with van der Waals surface area (Å²) in [5.41, 5.74) is -1.63. The first-order valence-electron chi connectivity index (χ1n) is 15.4. The van der Waals surface area contributed by atoms with E-state index >= 15 is 0 Å². The molecule has 4 fully saturated rings. The van der Waals surface area contributed by atoms with Crippen molar-refractivity contribution in [2.75, 3.05) is 20.3 Å². The van der Waals surface area contributed by atoms with Crippen molar-refractivity contribution in [3.8, 4) is 0 Å². The first-order chi connectivity index (χ1) is 20.2. The second-order valence-electron chi connectivity index (χ2n) is 12.8. The van der Waals surface area contributed by atoms with Gasteiger partial charge in [0.05, 0.1) is 36.6 Å². The summed E-state index contributed by atoms with van der Waals surface area (Å²) in [4.78, 5) is 33.0. The van der Waals surface area contributed by atoms with Crippen LogP contribution >= 0.6 is 0 Å². The van der Waals surface area contributed by atoms with Crippen LogP contribution in [0.5, 0.6) is 0 Å². The third kappa shape index (κ3) is 18.2. The Morgan fingerprint density at radius 2 is 1.17 bits per heavy atom. The van der Waals surface area contributed by atoms with Crippen LogP contribution in [0.25, 0.3) is 0 Å². The van der Waals surface area contributed by atoms with Crippen molar-refractivity contribution in [2.45, 2.75) is 141 Å². The Morgan fingerprint density at radius 1 is 0.766 bits per heavy atom. The van der Waals surface area contributed by atoms with Gasteiger partial charge in [0.2, 0.25) is 17.8 Å². The molecule has 1 saturated heterocycles. The van der Waals surface area contributed by atoms with Crippen LogP contribution in [0.3, 0.4) is 0 Å². The molecule has 0 aromatic rings. The molecule has 4 rings (SSSR count). The van der Waals surface area contributed by atoms with Gasteiger partial charge in [0.1, 0.15) is 0 Å². The smallest absolute Gasteiger partial charge is 0.870 e. The van der Waals surface area contributed by atoms with E-state index in [2.05, 4.69) is 11.7 Å². The number of hydrogen-bond acceptors (Lipinski definition) is 7. The molecule has 3 aliphatic carbocycles. The zero-order chi connectivity index (χ0) is 33.8. The summed E-state index contributed by atoms with van der Waals surface area (Å²) in [6.07, 6.45) is 2.79. The van der Waals surface area contributed by atoms with Crippen molar-refractivity contribution < 1.29 is 89.9 Å². The monoisotopic (exact) mass is 690 g/mol. The molecule has 0 radical (unpaired) electrons. The molecule has 16 heteroatoms. The van der Waals surface area contributed by atoms with Crippen molar-refractivity contribution in [1.29, 1.82) is 0 Å². The predicted molar refractivity (Wildman–Crippen MR) is 156 cm³/mol. The average molecular weight is 691 g/mol. The molecule has 3 saturated carbocycles. The van der Waals surface area contributed by atoms with E-state index in [-0.39, 0.29) is 125 Å². The summed E-state index contributed by atoms with van der Waals surface area (Å²) >= 11 is 0. The molecule has 1 atom stereocenters. The van der Waals surface area contributed by atoms with Gasteiger partial charge in [0.25, 0.3) is 0 Å². The van der Waals surface area contributed by atoms with Gasteiger partial charge in [0.15, 0.2) is 0 Å². The SMILES string of the molecule is CC1(C(=O)O)CCC(F)(F)CC1.CC1CCCO1.CCOC(=O)C1CCC(F)(F)CC1.COC(=O)C1(C)CCC(F)(F)CC1.O.[Li+].[OH-]. The van der Waals surface area contributed by atoms with Crippen LogP contribution in [0.15, 0.2) is 0 Å². The molecule has 0 bridgehead atoms. The van der Waals surface area contributed by atoms with Gasteiger partial charge in [-0.1, -0.05) is 0 Å². The number of esters is 2. The van der Waals surface area contributed by atoms with Crippen LogP contribution in [-0.4, -0.2) is 78.2 Å². The van der Waals surface area contributed by atoms with Crippen LogP contribution in [0.1, 0.15) is 118 Å². The summed E-state index contributed by atoms with van der Waals surface area (Å²) in [5, 5.41) is 8.72. The number of rotatable bonds is 4. The summed E-state index contributed by atoms with van der Waals surface area (Å²) in [5.74, 6) is -9.76. The number of ether oxygens (including phenoxy) is 3. The summed E-state index contributed by atoms with van der Waals surface area (Å²) < 4.78 is 90.6. The molecule has 1 unspecified atom stereocenters. The number of carbonyl (C=O) groups is 3. The second kappa shape index (κ2) is 21.5. The number of carboxylic acids is 1. The quantitative estimate of drug-likeness (QED) is 0.261. The minimum Gasteiger partial charge on any atom is -0.870 e. The van der Waals surface area contributed by atoms with E-state index in [0.29, 0.717) is 12.7 Å². The maximum absolute atomic E-state index is 12.8. The van der Waals surface area contributed by atoms with Gasteiger partial charge in [-0.05, 0) is 79.1 Å². The summed E-state index contributed by atoms with van der Waals surface area (Å²) in [6, 6.07) is 0. The average Bonchev–Trinajstić information content (AvgIpc) is 3.44. The largest absolute Gasteiger partial charge is 1.00 e. The zero-order valence-corrected chi connectivity index (χ0v) is 28.6. The second-order valence-corrected chi connectivity index (χ2v) is 12.8.